The standard InChI is InChI=1S/C11H13Cl2F2NO/c1-2-3-4-16-7-5-8(12)10(9(13)6-7)17-11(14)15/h5-6,11,16H,2-4H2,1H3. The minimum Gasteiger partial charge on any atom is -0.432 e. The van der Waals surface area contributed by atoms with Crippen molar-refractivity contribution in [1.82, 2.24) is 0 Å². The van der Waals surface area contributed by atoms with Crippen LogP contribution in [-0.4, -0.2) is 13.2 Å². The van der Waals surface area contributed by atoms with Gasteiger partial charge in [0.1, 0.15) is 0 Å². The molecule has 0 fully saturated rings. The lowest BCUT2D eigenvalue weighted by Crippen LogP contribution is -2.04. The quantitative estimate of drug-likeness (QED) is 0.757. The third-order valence-corrected chi connectivity index (χ3v) is 2.63. The third kappa shape index (κ3) is 4.56. The molecule has 0 atom stereocenters. The van der Waals surface area contributed by atoms with Crippen LogP contribution in [0.4, 0.5) is 14.5 Å². The number of benzene rings is 1. The molecule has 6 heteroatoms. The number of hydrogen-bond acceptors (Lipinski definition) is 2. The Bertz CT molecular complexity index is 351. The molecule has 0 heterocycles. The maximum Gasteiger partial charge on any atom is 0.387 e. The van der Waals surface area contributed by atoms with Crippen LogP contribution in [0.5, 0.6) is 5.75 Å². The second-order valence-electron chi connectivity index (χ2n) is 3.43. The van der Waals surface area contributed by atoms with Gasteiger partial charge in [-0.3, -0.25) is 0 Å². The zero-order valence-electron chi connectivity index (χ0n) is 9.27. The predicted molar refractivity (Wildman–Crippen MR) is 66.5 cm³/mol. The molecule has 0 bridgehead atoms. The van der Waals surface area contributed by atoms with E-state index in [0.29, 0.717) is 5.69 Å². The Morgan fingerprint density at radius 2 is 1.88 bits per heavy atom. The fraction of sp³-hybridized carbons (Fsp3) is 0.455. The fourth-order valence-electron chi connectivity index (χ4n) is 1.27. The SMILES string of the molecule is CCCCNc1cc(Cl)c(OC(F)F)c(Cl)c1. The van der Waals surface area contributed by atoms with Crippen LogP contribution in [0.2, 0.25) is 10.0 Å². The highest BCUT2D eigenvalue weighted by Crippen LogP contribution is 2.36. The smallest absolute Gasteiger partial charge is 0.387 e. The molecule has 2 nitrogen and oxygen atoms in total. The van der Waals surface area contributed by atoms with E-state index in [1.165, 1.54) is 12.1 Å². The van der Waals surface area contributed by atoms with Crippen molar-refractivity contribution >= 4 is 28.9 Å². The van der Waals surface area contributed by atoms with Gasteiger partial charge in [-0.2, -0.15) is 8.78 Å². The molecule has 96 valence electrons. The zero-order chi connectivity index (χ0) is 12.8. The van der Waals surface area contributed by atoms with Crippen LogP contribution < -0.4 is 10.1 Å². The Labute approximate surface area is 109 Å². The van der Waals surface area contributed by atoms with Crippen LogP contribution >= 0.6 is 23.2 Å². The van der Waals surface area contributed by atoms with E-state index >= 15 is 0 Å². The molecule has 1 aromatic carbocycles. The van der Waals surface area contributed by atoms with Crippen molar-refractivity contribution in [3.63, 3.8) is 0 Å². The van der Waals surface area contributed by atoms with Gasteiger partial charge >= 0.3 is 6.61 Å². The second-order valence-corrected chi connectivity index (χ2v) is 4.24. The first-order valence-corrected chi connectivity index (χ1v) is 5.98. The van der Waals surface area contributed by atoms with E-state index in [9.17, 15) is 8.78 Å². The van der Waals surface area contributed by atoms with Gasteiger partial charge < -0.3 is 10.1 Å². The van der Waals surface area contributed by atoms with Crippen molar-refractivity contribution < 1.29 is 13.5 Å². The number of nitrogens with one attached hydrogen (secondary N) is 1. The van der Waals surface area contributed by atoms with Crippen LogP contribution in [0.15, 0.2) is 12.1 Å². The lowest BCUT2D eigenvalue weighted by atomic mass is 10.2. The summed E-state index contributed by atoms with van der Waals surface area (Å²) in [5, 5.41) is 3.23. The molecule has 0 radical (unpaired) electrons. The van der Waals surface area contributed by atoms with Crippen LogP contribution in [0.1, 0.15) is 19.8 Å². The van der Waals surface area contributed by atoms with Crippen LogP contribution in [-0.2, 0) is 0 Å². The molecule has 0 saturated carbocycles. The number of alkyl halides is 2. The van der Waals surface area contributed by atoms with Gasteiger partial charge in [0.25, 0.3) is 0 Å². The zero-order valence-corrected chi connectivity index (χ0v) is 10.8. The second kappa shape index (κ2) is 6.87. The van der Waals surface area contributed by atoms with Crippen LogP contribution in [0, 0.1) is 0 Å². The summed E-state index contributed by atoms with van der Waals surface area (Å²) < 4.78 is 28.4. The van der Waals surface area contributed by atoms with Crippen molar-refractivity contribution in [2.75, 3.05) is 11.9 Å². The topological polar surface area (TPSA) is 21.3 Å². The van der Waals surface area contributed by atoms with Gasteiger partial charge in [0.2, 0.25) is 0 Å². The maximum absolute atomic E-state index is 12.1. The summed E-state index contributed by atoms with van der Waals surface area (Å²) in [5.41, 5.74) is 0.690. The molecule has 0 aliphatic heterocycles. The first-order chi connectivity index (χ1) is 8.04. The summed E-state index contributed by atoms with van der Waals surface area (Å²) in [6, 6.07) is 3.03. The number of anilines is 1. The van der Waals surface area contributed by atoms with Gasteiger partial charge in [-0.25, -0.2) is 0 Å². The summed E-state index contributed by atoms with van der Waals surface area (Å²) in [6.45, 7) is -0.0942. The van der Waals surface area contributed by atoms with Crippen molar-refractivity contribution in [3.05, 3.63) is 22.2 Å². The Kier molecular flexibility index (Phi) is 5.78. The number of unbranched alkanes of at least 4 members (excludes halogenated alkanes) is 1. The molecule has 0 amide bonds. The fourth-order valence-corrected chi connectivity index (χ4v) is 1.85. The molecule has 1 rings (SSSR count). The Balaban J connectivity index is 2.78. The Morgan fingerprint density at radius 1 is 1.29 bits per heavy atom. The molecule has 1 aromatic rings. The Morgan fingerprint density at radius 3 is 2.35 bits per heavy atom. The van der Waals surface area contributed by atoms with Crippen molar-refractivity contribution in [3.8, 4) is 5.75 Å². The maximum atomic E-state index is 12.1. The van der Waals surface area contributed by atoms with E-state index in [2.05, 4.69) is 17.0 Å². The van der Waals surface area contributed by atoms with Gasteiger partial charge in [0.05, 0.1) is 10.0 Å². The number of hydrogen-bond donors (Lipinski definition) is 1. The summed E-state index contributed by atoms with van der Waals surface area (Å²) in [4.78, 5) is 0. The number of rotatable bonds is 6. The van der Waals surface area contributed by atoms with Gasteiger partial charge in [0, 0.05) is 12.2 Å². The van der Waals surface area contributed by atoms with E-state index < -0.39 is 6.61 Å². The summed E-state index contributed by atoms with van der Waals surface area (Å²) >= 11 is 11.6. The molecule has 0 unspecified atom stereocenters. The van der Waals surface area contributed by atoms with Gasteiger partial charge in [-0.05, 0) is 18.6 Å². The van der Waals surface area contributed by atoms with Gasteiger partial charge in [0.15, 0.2) is 5.75 Å². The minimum absolute atomic E-state index is 0.0665. The van der Waals surface area contributed by atoms with E-state index in [-0.39, 0.29) is 15.8 Å². The molecular formula is C11H13Cl2F2NO. The number of halogens is 4. The largest absolute Gasteiger partial charge is 0.432 e. The van der Waals surface area contributed by atoms with E-state index in [4.69, 9.17) is 23.2 Å². The molecule has 0 spiro atoms. The van der Waals surface area contributed by atoms with Gasteiger partial charge in [-0.15, -0.1) is 0 Å². The monoisotopic (exact) mass is 283 g/mol. The van der Waals surface area contributed by atoms with Crippen molar-refractivity contribution in [1.29, 1.82) is 0 Å². The summed E-state index contributed by atoms with van der Waals surface area (Å²) in [5.74, 6) is -0.190. The Hall–Kier alpha value is -0.740. The van der Waals surface area contributed by atoms with Crippen LogP contribution in [0.25, 0.3) is 0 Å². The van der Waals surface area contributed by atoms with E-state index in [0.717, 1.165) is 19.4 Å². The normalized spacial score (nSPS) is 10.7. The highest BCUT2D eigenvalue weighted by molar-refractivity contribution is 6.37. The molecule has 17 heavy (non-hydrogen) atoms. The highest BCUT2D eigenvalue weighted by Gasteiger charge is 2.14. The van der Waals surface area contributed by atoms with Crippen molar-refractivity contribution in [2.24, 2.45) is 0 Å². The van der Waals surface area contributed by atoms with E-state index in [1.54, 1.807) is 0 Å². The number of ether oxygens (including phenoxy) is 1. The van der Waals surface area contributed by atoms with Crippen LogP contribution in [0.3, 0.4) is 0 Å². The molecule has 0 aliphatic carbocycles. The van der Waals surface area contributed by atoms with Crippen molar-refractivity contribution in [2.45, 2.75) is 26.4 Å². The van der Waals surface area contributed by atoms with Gasteiger partial charge in [-0.1, -0.05) is 36.5 Å². The average Bonchev–Trinajstić information content (AvgIpc) is 2.24. The predicted octanol–water partition coefficient (Wildman–Crippen LogP) is 4.81. The summed E-state index contributed by atoms with van der Waals surface area (Å²) in [7, 11) is 0. The average molecular weight is 284 g/mol. The molecule has 0 aromatic heterocycles. The summed E-state index contributed by atoms with van der Waals surface area (Å²) in [6.07, 6.45) is 2.06. The molecule has 0 aliphatic rings. The van der Waals surface area contributed by atoms with E-state index in [1.807, 2.05) is 0 Å². The lowest BCUT2D eigenvalue weighted by molar-refractivity contribution is -0.0497. The molecule has 1 N–H and O–H groups in total. The first kappa shape index (κ1) is 14.3. The minimum atomic E-state index is -2.94. The first-order valence-electron chi connectivity index (χ1n) is 5.22. The highest BCUT2D eigenvalue weighted by atomic mass is 35.5. The molecule has 0 saturated heterocycles. The third-order valence-electron chi connectivity index (χ3n) is 2.06. The molecular weight excluding hydrogens is 271 g/mol. The lowest BCUT2D eigenvalue weighted by Gasteiger charge is -2.12.